The second kappa shape index (κ2) is 3.49. The van der Waals surface area contributed by atoms with Crippen molar-refractivity contribution < 1.29 is 4.74 Å². The molecular weight excluding hydrogens is 162 g/mol. The molecule has 0 saturated carbocycles. The molecule has 0 fully saturated rings. The van der Waals surface area contributed by atoms with Gasteiger partial charge in [-0.15, -0.1) is 11.6 Å². The number of halogens is 1. The van der Waals surface area contributed by atoms with Crippen LogP contribution in [-0.4, -0.2) is 7.11 Å². The van der Waals surface area contributed by atoms with Gasteiger partial charge in [0.05, 0.1) is 7.11 Å². The first kappa shape index (κ1) is 8.21. The number of hydrogen-bond donors (Lipinski definition) is 1. The van der Waals surface area contributed by atoms with Gasteiger partial charge < -0.3 is 10.5 Å². The van der Waals surface area contributed by atoms with Crippen LogP contribution in [0.15, 0.2) is 18.2 Å². The van der Waals surface area contributed by atoms with E-state index in [-0.39, 0.29) is 0 Å². The summed E-state index contributed by atoms with van der Waals surface area (Å²) in [7, 11) is 1.61. The summed E-state index contributed by atoms with van der Waals surface area (Å²) in [5.74, 6) is 1.20. The molecule has 0 heterocycles. The van der Waals surface area contributed by atoms with Crippen LogP contribution in [0.1, 0.15) is 5.56 Å². The van der Waals surface area contributed by atoms with Crippen LogP contribution in [0.3, 0.4) is 0 Å². The fraction of sp³-hybridized carbons (Fsp3) is 0.250. The van der Waals surface area contributed by atoms with Crippen molar-refractivity contribution in [3.05, 3.63) is 23.8 Å². The van der Waals surface area contributed by atoms with Crippen molar-refractivity contribution in [2.45, 2.75) is 5.88 Å². The van der Waals surface area contributed by atoms with Crippen molar-refractivity contribution in [3.8, 4) is 5.75 Å². The van der Waals surface area contributed by atoms with Crippen molar-refractivity contribution in [2.24, 2.45) is 0 Å². The summed E-state index contributed by atoms with van der Waals surface area (Å²) in [4.78, 5) is 0. The van der Waals surface area contributed by atoms with Crippen molar-refractivity contribution >= 4 is 17.3 Å². The SMILES string of the molecule is COc1ccc(CCl)c(N)c1. The van der Waals surface area contributed by atoms with Crippen molar-refractivity contribution in [1.29, 1.82) is 0 Å². The maximum absolute atomic E-state index is 5.64. The highest BCUT2D eigenvalue weighted by atomic mass is 35.5. The Hall–Kier alpha value is -0.890. The largest absolute Gasteiger partial charge is 0.497 e. The Labute approximate surface area is 70.9 Å². The average Bonchev–Trinajstić information content (AvgIpc) is 2.04. The molecule has 3 heteroatoms. The van der Waals surface area contributed by atoms with E-state index in [1.807, 2.05) is 12.1 Å². The van der Waals surface area contributed by atoms with E-state index in [0.29, 0.717) is 11.6 Å². The second-order valence-electron chi connectivity index (χ2n) is 2.20. The van der Waals surface area contributed by atoms with Crippen LogP contribution in [-0.2, 0) is 5.88 Å². The smallest absolute Gasteiger partial charge is 0.120 e. The highest BCUT2D eigenvalue weighted by molar-refractivity contribution is 6.17. The van der Waals surface area contributed by atoms with Crippen molar-refractivity contribution in [1.82, 2.24) is 0 Å². The molecule has 0 unspecified atom stereocenters. The molecule has 0 bridgehead atoms. The van der Waals surface area contributed by atoms with Crippen LogP contribution in [0.2, 0.25) is 0 Å². The third-order valence-corrected chi connectivity index (χ3v) is 1.78. The van der Waals surface area contributed by atoms with E-state index in [4.69, 9.17) is 22.1 Å². The van der Waals surface area contributed by atoms with Crippen LogP contribution >= 0.6 is 11.6 Å². The van der Waals surface area contributed by atoms with E-state index in [0.717, 1.165) is 11.3 Å². The lowest BCUT2D eigenvalue weighted by Crippen LogP contribution is -1.92. The summed E-state index contributed by atoms with van der Waals surface area (Å²) in [6.07, 6.45) is 0. The Kier molecular flexibility index (Phi) is 2.60. The highest BCUT2D eigenvalue weighted by Crippen LogP contribution is 2.20. The quantitative estimate of drug-likeness (QED) is 0.546. The third kappa shape index (κ3) is 1.77. The van der Waals surface area contributed by atoms with Gasteiger partial charge in [0.15, 0.2) is 0 Å². The predicted molar refractivity (Wildman–Crippen MR) is 47.0 cm³/mol. The molecule has 0 aromatic heterocycles. The number of nitrogens with two attached hydrogens (primary N) is 1. The molecule has 2 N–H and O–H groups in total. The molecule has 1 aromatic carbocycles. The Bertz CT molecular complexity index is 250. The monoisotopic (exact) mass is 171 g/mol. The normalized spacial score (nSPS) is 9.64. The number of anilines is 1. The maximum Gasteiger partial charge on any atom is 0.120 e. The van der Waals surface area contributed by atoms with Gasteiger partial charge in [-0.2, -0.15) is 0 Å². The van der Waals surface area contributed by atoms with Crippen LogP contribution in [0, 0.1) is 0 Å². The zero-order valence-electron chi connectivity index (χ0n) is 6.30. The van der Waals surface area contributed by atoms with Gasteiger partial charge in [0, 0.05) is 17.6 Å². The Balaban J connectivity index is 2.99. The van der Waals surface area contributed by atoms with E-state index in [1.54, 1.807) is 13.2 Å². The molecule has 0 aliphatic heterocycles. The van der Waals surface area contributed by atoms with Crippen LogP contribution in [0.4, 0.5) is 5.69 Å². The molecule has 2 nitrogen and oxygen atoms in total. The molecule has 60 valence electrons. The molecule has 0 aliphatic rings. The van der Waals surface area contributed by atoms with Gasteiger partial charge in [-0.1, -0.05) is 6.07 Å². The molecule has 11 heavy (non-hydrogen) atoms. The summed E-state index contributed by atoms with van der Waals surface area (Å²) < 4.78 is 4.97. The van der Waals surface area contributed by atoms with Crippen molar-refractivity contribution in [2.75, 3.05) is 12.8 Å². The number of benzene rings is 1. The molecule has 1 aromatic rings. The van der Waals surface area contributed by atoms with Gasteiger partial charge in [-0.3, -0.25) is 0 Å². The highest BCUT2D eigenvalue weighted by Gasteiger charge is 1.98. The number of alkyl halides is 1. The van der Waals surface area contributed by atoms with Gasteiger partial charge in [-0.25, -0.2) is 0 Å². The van der Waals surface area contributed by atoms with Gasteiger partial charge in [0.25, 0.3) is 0 Å². The number of methoxy groups -OCH3 is 1. The summed E-state index contributed by atoms with van der Waals surface area (Å²) in [5.41, 5.74) is 7.26. The fourth-order valence-corrected chi connectivity index (χ4v) is 1.07. The maximum atomic E-state index is 5.64. The van der Waals surface area contributed by atoms with Gasteiger partial charge >= 0.3 is 0 Å². The van der Waals surface area contributed by atoms with Crippen LogP contribution < -0.4 is 10.5 Å². The molecule has 0 radical (unpaired) electrons. The fourth-order valence-electron chi connectivity index (χ4n) is 0.822. The minimum absolute atomic E-state index is 0.440. The lowest BCUT2D eigenvalue weighted by atomic mass is 10.2. The lowest BCUT2D eigenvalue weighted by Gasteiger charge is -2.03. The molecule has 1 rings (SSSR count). The Morgan fingerprint density at radius 1 is 1.55 bits per heavy atom. The van der Waals surface area contributed by atoms with Gasteiger partial charge in [-0.05, 0) is 11.6 Å². The van der Waals surface area contributed by atoms with E-state index in [9.17, 15) is 0 Å². The van der Waals surface area contributed by atoms with E-state index in [2.05, 4.69) is 0 Å². The molecule has 0 aliphatic carbocycles. The summed E-state index contributed by atoms with van der Waals surface area (Å²) in [5, 5.41) is 0. The van der Waals surface area contributed by atoms with Crippen molar-refractivity contribution in [3.63, 3.8) is 0 Å². The summed E-state index contributed by atoms with van der Waals surface area (Å²) >= 11 is 5.61. The molecular formula is C8H10ClNO. The number of rotatable bonds is 2. The summed E-state index contributed by atoms with van der Waals surface area (Å²) in [6.45, 7) is 0. The van der Waals surface area contributed by atoms with E-state index in [1.165, 1.54) is 0 Å². The number of hydrogen-bond acceptors (Lipinski definition) is 2. The first-order valence-electron chi connectivity index (χ1n) is 3.26. The second-order valence-corrected chi connectivity index (χ2v) is 2.47. The Morgan fingerprint density at radius 3 is 2.73 bits per heavy atom. The van der Waals surface area contributed by atoms with Gasteiger partial charge in [0.2, 0.25) is 0 Å². The standard InChI is InChI=1S/C8H10ClNO/c1-11-7-3-2-6(5-9)8(10)4-7/h2-4H,5,10H2,1H3. The topological polar surface area (TPSA) is 35.2 Å². The molecule has 0 spiro atoms. The van der Waals surface area contributed by atoms with Gasteiger partial charge in [0.1, 0.15) is 5.75 Å². The summed E-state index contributed by atoms with van der Waals surface area (Å²) in [6, 6.07) is 5.47. The average molecular weight is 172 g/mol. The zero-order valence-corrected chi connectivity index (χ0v) is 7.06. The first-order valence-corrected chi connectivity index (χ1v) is 3.79. The first-order chi connectivity index (χ1) is 5.27. The zero-order chi connectivity index (χ0) is 8.27. The van der Waals surface area contributed by atoms with E-state index < -0.39 is 0 Å². The molecule has 0 atom stereocenters. The number of nitrogen functional groups attached to an aromatic ring is 1. The third-order valence-electron chi connectivity index (χ3n) is 1.50. The minimum Gasteiger partial charge on any atom is -0.497 e. The minimum atomic E-state index is 0.440. The predicted octanol–water partition coefficient (Wildman–Crippen LogP) is 2.02. The number of ether oxygens (including phenoxy) is 1. The van der Waals surface area contributed by atoms with Crippen LogP contribution in [0.25, 0.3) is 0 Å². The molecule has 0 saturated heterocycles. The van der Waals surface area contributed by atoms with Crippen LogP contribution in [0.5, 0.6) is 5.75 Å². The lowest BCUT2D eigenvalue weighted by molar-refractivity contribution is 0.415. The molecule has 0 amide bonds. The Morgan fingerprint density at radius 2 is 2.27 bits per heavy atom. The van der Waals surface area contributed by atoms with E-state index >= 15 is 0 Å².